The van der Waals surface area contributed by atoms with E-state index in [1.54, 1.807) is 17.2 Å². The van der Waals surface area contributed by atoms with Crippen molar-refractivity contribution in [3.05, 3.63) is 58.9 Å². The molecule has 25 heavy (non-hydrogen) atoms. The Morgan fingerprint density at radius 2 is 1.80 bits per heavy atom. The van der Waals surface area contributed by atoms with Crippen molar-refractivity contribution in [3.63, 3.8) is 0 Å². The van der Waals surface area contributed by atoms with Crippen molar-refractivity contribution in [2.24, 2.45) is 0 Å². The number of aromatic nitrogens is 1. The SMILES string of the molecule is O=C(c1cccc(C(F)(F)F)c1)N1CCN(c2ccnc(Cl)c2)CC1. The van der Waals surface area contributed by atoms with Gasteiger partial charge in [0.05, 0.1) is 5.56 Å². The summed E-state index contributed by atoms with van der Waals surface area (Å²) in [7, 11) is 0. The van der Waals surface area contributed by atoms with Crippen LogP contribution in [-0.2, 0) is 6.18 Å². The minimum Gasteiger partial charge on any atom is -0.368 e. The van der Waals surface area contributed by atoms with E-state index in [0.717, 1.165) is 17.8 Å². The van der Waals surface area contributed by atoms with Crippen LogP contribution in [0, 0.1) is 0 Å². The third-order valence-corrected chi connectivity index (χ3v) is 4.29. The van der Waals surface area contributed by atoms with Gasteiger partial charge in [0.25, 0.3) is 5.91 Å². The lowest BCUT2D eigenvalue weighted by Crippen LogP contribution is -2.48. The van der Waals surface area contributed by atoms with Gasteiger partial charge in [-0.15, -0.1) is 0 Å². The molecule has 0 bridgehead atoms. The van der Waals surface area contributed by atoms with Crippen LogP contribution in [0.1, 0.15) is 15.9 Å². The Labute approximate surface area is 147 Å². The van der Waals surface area contributed by atoms with Gasteiger partial charge < -0.3 is 9.80 Å². The van der Waals surface area contributed by atoms with E-state index in [1.165, 1.54) is 12.1 Å². The van der Waals surface area contributed by atoms with Crippen molar-refractivity contribution in [2.45, 2.75) is 6.18 Å². The zero-order valence-electron chi connectivity index (χ0n) is 13.1. The summed E-state index contributed by atoms with van der Waals surface area (Å²) in [6.07, 6.45) is -2.85. The van der Waals surface area contributed by atoms with Crippen LogP contribution in [0.2, 0.25) is 5.15 Å². The monoisotopic (exact) mass is 369 g/mol. The number of rotatable bonds is 2. The van der Waals surface area contributed by atoms with Crippen molar-refractivity contribution in [1.29, 1.82) is 0 Å². The number of carbonyl (C=O) groups is 1. The molecule has 1 fully saturated rings. The number of pyridine rings is 1. The zero-order valence-corrected chi connectivity index (χ0v) is 13.9. The maximum absolute atomic E-state index is 12.8. The Balaban J connectivity index is 1.68. The van der Waals surface area contributed by atoms with Gasteiger partial charge in [0.1, 0.15) is 5.15 Å². The number of nitrogens with zero attached hydrogens (tertiary/aromatic N) is 3. The standard InChI is InChI=1S/C17H15ClF3N3O/c18-15-11-14(4-5-22-15)23-6-8-24(9-7-23)16(25)12-2-1-3-13(10-12)17(19,20)21/h1-5,10-11H,6-9H2. The molecule has 1 aromatic carbocycles. The molecule has 1 saturated heterocycles. The van der Waals surface area contributed by atoms with E-state index in [0.29, 0.717) is 31.3 Å². The first kappa shape index (κ1) is 17.5. The van der Waals surface area contributed by atoms with Crippen LogP contribution >= 0.6 is 11.6 Å². The normalized spacial score (nSPS) is 15.4. The van der Waals surface area contributed by atoms with E-state index in [4.69, 9.17) is 11.6 Å². The molecule has 1 amide bonds. The number of carbonyl (C=O) groups excluding carboxylic acids is 1. The van der Waals surface area contributed by atoms with Crippen molar-refractivity contribution in [3.8, 4) is 0 Å². The molecule has 132 valence electrons. The molecule has 0 N–H and O–H groups in total. The summed E-state index contributed by atoms with van der Waals surface area (Å²) in [5.41, 5.74) is 0.143. The summed E-state index contributed by atoms with van der Waals surface area (Å²) in [5, 5.41) is 0.389. The summed E-state index contributed by atoms with van der Waals surface area (Å²) in [5.74, 6) is -0.390. The average Bonchev–Trinajstić information content (AvgIpc) is 2.61. The number of benzene rings is 1. The molecule has 1 aliphatic heterocycles. The Kier molecular flexibility index (Phi) is 4.85. The molecule has 2 heterocycles. The predicted molar refractivity (Wildman–Crippen MR) is 88.8 cm³/mol. The van der Waals surface area contributed by atoms with Gasteiger partial charge >= 0.3 is 6.18 Å². The lowest BCUT2D eigenvalue weighted by Gasteiger charge is -2.36. The van der Waals surface area contributed by atoms with Gasteiger partial charge in [-0.05, 0) is 30.3 Å². The highest BCUT2D eigenvalue weighted by atomic mass is 35.5. The lowest BCUT2D eigenvalue weighted by molar-refractivity contribution is -0.137. The van der Waals surface area contributed by atoms with E-state index >= 15 is 0 Å². The first-order valence-electron chi connectivity index (χ1n) is 7.67. The van der Waals surface area contributed by atoms with Crippen LogP contribution in [0.4, 0.5) is 18.9 Å². The molecule has 3 rings (SSSR count). The number of piperazine rings is 1. The van der Waals surface area contributed by atoms with Gasteiger partial charge in [-0.1, -0.05) is 17.7 Å². The number of amides is 1. The Morgan fingerprint density at radius 1 is 1.08 bits per heavy atom. The van der Waals surface area contributed by atoms with E-state index in [9.17, 15) is 18.0 Å². The minimum atomic E-state index is -4.46. The van der Waals surface area contributed by atoms with Crippen LogP contribution in [0.15, 0.2) is 42.6 Å². The Morgan fingerprint density at radius 3 is 2.44 bits per heavy atom. The molecule has 4 nitrogen and oxygen atoms in total. The molecule has 0 aliphatic carbocycles. The second-order valence-electron chi connectivity index (χ2n) is 5.69. The van der Waals surface area contributed by atoms with Gasteiger partial charge in [-0.3, -0.25) is 4.79 Å². The number of hydrogen-bond acceptors (Lipinski definition) is 3. The van der Waals surface area contributed by atoms with Crippen LogP contribution < -0.4 is 4.90 Å². The van der Waals surface area contributed by atoms with Crippen molar-refractivity contribution in [2.75, 3.05) is 31.1 Å². The van der Waals surface area contributed by atoms with E-state index in [-0.39, 0.29) is 5.56 Å². The van der Waals surface area contributed by atoms with E-state index in [1.807, 2.05) is 6.07 Å². The number of hydrogen-bond donors (Lipinski definition) is 0. The fourth-order valence-electron chi connectivity index (χ4n) is 2.77. The number of halogens is 4. The van der Waals surface area contributed by atoms with E-state index in [2.05, 4.69) is 9.88 Å². The summed E-state index contributed by atoms with van der Waals surface area (Å²) < 4.78 is 38.4. The van der Waals surface area contributed by atoms with Crippen LogP contribution in [-0.4, -0.2) is 42.0 Å². The Bertz CT molecular complexity index is 774. The highest BCUT2D eigenvalue weighted by Gasteiger charge is 2.31. The molecular formula is C17H15ClF3N3O. The topological polar surface area (TPSA) is 36.4 Å². The maximum atomic E-state index is 12.8. The first-order chi connectivity index (χ1) is 11.8. The molecule has 1 aromatic heterocycles. The van der Waals surface area contributed by atoms with Gasteiger partial charge in [0, 0.05) is 43.6 Å². The fourth-order valence-corrected chi connectivity index (χ4v) is 2.94. The summed E-state index contributed by atoms with van der Waals surface area (Å²) in [6, 6.07) is 8.10. The third kappa shape index (κ3) is 4.04. The molecule has 0 radical (unpaired) electrons. The Hall–Kier alpha value is -2.28. The first-order valence-corrected chi connectivity index (χ1v) is 8.05. The van der Waals surface area contributed by atoms with Crippen molar-refractivity contribution >= 4 is 23.2 Å². The zero-order chi connectivity index (χ0) is 18.0. The van der Waals surface area contributed by atoms with Gasteiger partial charge in [-0.2, -0.15) is 13.2 Å². The second kappa shape index (κ2) is 6.92. The average molecular weight is 370 g/mol. The molecule has 0 saturated carbocycles. The highest BCUT2D eigenvalue weighted by molar-refractivity contribution is 6.29. The third-order valence-electron chi connectivity index (χ3n) is 4.08. The van der Waals surface area contributed by atoms with E-state index < -0.39 is 17.6 Å². The number of anilines is 1. The van der Waals surface area contributed by atoms with Crippen LogP contribution in [0.3, 0.4) is 0 Å². The summed E-state index contributed by atoms with van der Waals surface area (Å²) >= 11 is 5.88. The van der Waals surface area contributed by atoms with Gasteiger partial charge in [-0.25, -0.2) is 4.98 Å². The van der Waals surface area contributed by atoms with Gasteiger partial charge in [0.2, 0.25) is 0 Å². The molecule has 2 aromatic rings. The molecular weight excluding hydrogens is 355 g/mol. The summed E-state index contributed by atoms with van der Waals surface area (Å²) in [6.45, 7) is 2.00. The number of alkyl halides is 3. The largest absolute Gasteiger partial charge is 0.416 e. The van der Waals surface area contributed by atoms with Crippen LogP contribution in [0.5, 0.6) is 0 Å². The fraction of sp³-hybridized carbons (Fsp3) is 0.294. The smallest absolute Gasteiger partial charge is 0.368 e. The van der Waals surface area contributed by atoms with Crippen LogP contribution in [0.25, 0.3) is 0 Å². The van der Waals surface area contributed by atoms with Crippen molar-refractivity contribution < 1.29 is 18.0 Å². The lowest BCUT2D eigenvalue weighted by atomic mass is 10.1. The van der Waals surface area contributed by atoms with Crippen molar-refractivity contribution in [1.82, 2.24) is 9.88 Å². The predicted octanol–water partition coefficient (Wildman–Crippen LogP) is 3.72. The molecule has 8 heteroatoms. The highest BCUT2D eigenvalue weighted by Crippen LogP contribution is 2.30. The maximum Gasteiger partial charge on any atom is 0.416 e. The molecule has 0 atom stereocenters. The molecule has 0 spiro atoms. The van der Waals surface area contributed by atoms with Gasteiger partial charge in [0.15, 0.2) is 0 Å². The second-order valence-corrected chi connectivity index (χ2v) is 6.08. The quantitative estimate of drug-likeness (QED) is 0.757. The molecule has 1 aliphatic rings. The minimum absolute atomic E-state index is 0.0511. The molecule has 0 unspecified atom stereocenters. The summed E-state index contributed by atoms with van der Waals surface area (Å²) in [4.78, 5) is 20.0.